The van der Waals surface area contributed by atoms with Gasteiger partial charge in [-0.05, 0) is 82.5 Å². The third-order valence-corrected chi connectivity index (χ3v) is 9.82. The molecule has 0 bridgehead atoms. The summed E-state index contributed by atoms with van der Waals surface area (Å²) in [6.45, 7) is 4.05. The van der Waals surface area contributed by atoms with Crippen molar-refractivity contribution in [2.45, 2.75) is 82.5 Å². The van der Waals surface area contributed by atoms with Gasteiger partial charge in [0, 0.05) is 40.4 Å². The van der Waals surface area contributed by atoms with Crippen molar-refractivity contribution >= 4 is 23.2 Å². The van der Waals surface area contributed by atoms with E-state index in [2.05, 4.69) is 10.6 Å². The van der Waals surface area contributed by atoms with Crippen molar-refractivity contribution in [2.24, 2.45) is 0 Å². The molecule has 4 heterocycles. The van der Waals surface area contributed by atoms with Crippen LogP contribution in [0.4, 0.5) is 0 Å². The van der Waals surface area contributed by atoms with Crippen LogP contribution in [0.25, 0.3) is 0 Å². The molecular formula is C33H40N4O4S. The Kier molecular flexibility index (Phi) is 8.88. The molecule has 4 atom stereocenters. The first-order valence-corrected chi connectivity index (χ1v) is 16.1. The highest BCUT2D eigenvalue weighted by atomic mass is 32.1. The summed E-state index contributed by atoms with van der Waals surface area (Å²) < 4.78 is 6.12. The number of nitrogens with zero attached hydrogens (tertiary/aromatic N) is 2. The predicted molar refractivity (Wildman–Crippen MR) is 163 cm³/mol. The molecule has 0 spiro atoms. The first-order chi connectivity index (χ1) is 20.5. The van der Waals surface area contributed by atoms with Gasteiger partial charge >= 0.3 is 0 Å². The molecule has 8 nitrogen and oxygen atoms in total. The molecule has 3 aromatic rings. The maximum atomic E-state index is 14.2. The van der Waals surface area contributed by atoms with Crippen molar-refractivity contribution in [3.05, 3.63) is 80.8 Å². The number of ether oxygens (including phenoxy) is 1. The van der Waals surface area contributed by atoms with Crippen LogP contribution in [-0.2, 0) is 12.8 Å². The fraction of sp³-hybridized carbons (Fsp3) is 0.485. The van der Waals surface area contributed by atoms with E-state index < -0.39 is 12.1 Å². The summed E-state index contributed by atoms with van der Waals surface area (Å²) in [6.07, 6.45) is 5.97. The number of aliphatic hydroxyl groups excluding tert-OH is 1. The Labute approximate surface area is 251 Å². The Bertz CT molecular complexity index is 1400. The highest BCUT2D eigenvalue weighted by molar-refractivity contribution is 7.09. The smallest absolute Gasteiger partial charge is 0.254 e. The van der Waals surface area contributed by atoms with Gasteiger partial charge < -0.3 is 25.4 Å². The number of fused-ring (bicyclic) bond motifs is 1. The molecule has 9 heteroatoms. The average molecular weight is 589 g/mol. The van der Waals surface area contributed by atoms with E-state index in [0.717, 1.165) is 73.3 Å². The highest BCUT2D eigenvalue weighted by Crippen LogP contribution is 2.37. The molecule has 0 saturated carbocycles. The van der Waals surface area contributed by atoms with Crippen LogP contribution in [0.2, 0.25) is 0 Å². The van der Waals surface area contributed by atoms with Crippen molar-refractivity contribution in [1.29, 1.82) is 0 Å². The van der Waals surface area contributed by atoms with Gasteiger partial charge in [-0.15, -0.1) is 11.3 Å². The zero-order chi connectivity index (χ0) is 29.1. The summed E-state index contributed by atoms with van der Waals surface area (Å²) in [7, 11) is 0. The number of aryl methyl sites for hydroxylation is 1. The predicted octanol–water partition coefficient (Wildman–Crippen LogP) is 4.60. The van der Waals surface area contributed by atoms with Gasteiger partial charge in [-0.1, -0.05) is 30.3 Å². The van der Waals surface area contributed by atoms with E-state index in [1.807, 2.05) is 47.5 Å². The zero-order valence-electron chi connectivity index (χ0n) is 24.2. The number of nitrogens with one attached hydrogen (secondary N) is 2. The van der Waals surface area contributed by atoms with Crippen molar-refractivity contribution in [2.75, 3.05) is 19.7 Å². The van der Waals surface area contributed by atoms with E-state index >= 15 is 0 Å². The molecule has 222 valence electrons. The summed E-state index contributed by atoms with van der Waals surface area (Å²) in [5, 5.41) is 20.9. The van der Waals surface area contributed by atoms with Gasteiger partial charge in [0.2, 0.25) is 0 Å². The molecule has 0 unspecified atom stereocenters. The number of hydrogen-bond acceptors (Lipinski definition) is 7. The molecule has 2 amide bonds. The van der Waals surface area contributed by atoms with E-state index in [1.54, 1.807) is 23.5 Å². The van der Waals surface area contributed by atoms with Crippen LogP contribution in [-0.4, -0.2) is 64.7 Å². The van der Waals surface area contributed by atoms with Crippen molar-refractivity contribution < 1.29 is 19.4 Å². The Morgan fingerprint density at radius 1 is 1.17 bits per heavy atom. The standard InChI is InChI=1S/C33H40N4O4S/c1-21-20-42-32(35-21)28-13-8-15-37(28)33(40)25-18-23(19-29-24(25)11-5-6-16-41-29)31(39)36-27(17-22-9-3-2-4-10-22)30(38)26-12-7-14-34-26/h2-4,9-10,18-20,26-28,30,34,38H,5-8,11-17H2,1H3,(H,36,39)/t26-,27+,28-,30-/m1/s1. The quantitative estimate of drug-likeness (QED) is 0.356. The number of aromatic nitrogens is 1. The van der Waals surface area contributed by atoms with Gasteiger partial charge in [0.1, 0.15) is 10.8 Å². The van der Waals surface area contributed by atoms with Gasteiger partial charge in [-0.3, -0.25) is 9.59 Å². The number of likely N-dealkylation sites (tertiary alicyclic amines) is 1. The molecule has 0 radical (unpaired) electrons. The molecule has 6 rings (SSSR count). The average Bonchev–Trinajstić information content (AvgIpc) is 3.76. The van der Waals surface area contributed by atoms with E-state index in [4.69, 9.17) is 9.72 Å². The molecular weight excluding hydrogens is 548 g/mol. The van der Waals surface area contributed by atoms with Crippen LogP contribution in [0.15, 0.2) is 47.8 Å². The van der Waals surface area contributed by atoms with Crippen molar-refractivity contribution in [3.8, 4) is 5.75 Å². The Hall–Kier alpha value is -3.27. The van der Waals surface area contributed by atoms with Gasteiger partial charge in [0.15, 0.2) is 0 Å². The van der Waals surface area contributed by atoms with E-state index in [9.17, 15) is 14.7 Å². The molecule has 3 aliphatic rings. The summed E-state index contributed by atoms with van der Waals surface area (Å²) in [5.41, 5.74) is 3.81. The molecule has 3 N–H and O–H groups in total. The monoisotopic (exact) mass is 588 g/mol. The fourth-order valence-electron chi connectivity index (χ4n) is 6.55. The number of carbonyl (C=O) groups is 2. The molecule has 2 saturated heterocycles. The van der Waals surface area contributed by atoms with Gasteiger partial charge in [0.05, 0.1) is 24.8 Å². The second-order valence-electron chi connectivity index (χ2n) is 11.8. The van der Waals surface area contributed by atoms with E-state index in [0.29, 0.717) is 36.4 Å². The third-order valence-electron chi connectivity index (χ3n) is 8.75. The number of rotatable bonds is 8. The van der Waals surface area contributed by atoms with Gasteiger partial charge in [0.25, 0.3) is 11.8 Å². The summed E-state index contributed by atoms with van der Waals surface area (Å²) in [5.74, 6) is 0.228. The SMILES string of the molecule is Cc1csc([C@H]2CCCN2C(=O)c2cc(C(=O)N[C@@H](Cc3ccccc3)[C@H](O)[C@H]3CCCN3)cc3c2CCCCO3)n1. The first-order valence-electron chi connectivity index (χ1n) is 15.3. The van der Waals surface area contributed by atoms with Crippen LogP contribution in [0.5, 0.6) is 5.75 Å². The molecule has 2 aromatic carbocycles. The lowest BCUT2D eigenvalue weighted by atomic mass is 9.94. The summed E-state index contributed by atoms with van der Waals surface area (Å²) in [4.78, 5) is 34.7. The number of aliphatic hydroxyl groups is 1. The topological polar surface area (TPSA) is 104 Å². The van der Waals surface area contributed by atoms with E-state index in [1.165, 1.54) is 0 Å². The molecule has 2 fully saturated rings. The maximum Gasteiger partial charge on any atom is 0.254 e. The lowest BCUT2D eigenvalue weighted by molar-refractivity contribution is 0.0732. The number of benzene rings is 2. The zero-order valence-corrected chi connectivity index (χ0v) is 25.0. The maximum absolute atomic E-state index is 14.2. The van der Waals surface area contributed by atoms with Crippen LogP contribution in [0.3, 0.4) is 0 Å². The molecule has 0 aliphatic carbocycles. The first kappa shape index (κ1) is 28.8. The van der Waals surface area contributed by atoms with Crippen LogP contribution in [0, 0.1) is 6.92 Å². The second kappa shape index (κ2) is 12.9. The van der Waals surface area contributed by atoms with Gasteiger partial charge in [-0.25, -0.2) is 4.98 Å². The lowest BCUT2D eigenvalue weighted by Gasteiger charge is -2.29. The molecule has 1 aromatic heterocycles. The normalized spacial score (nSPS) is 21.7. The number of hydrogen-bond donors (Lipinski definition) is 3. The Morgan fingerprint density at radius 2 is 2.02 bits per heavy atom. The van der Waals surface area contributed by atoms with Crippen molar-refractivity contribution in [3.63, 3.8) is 0 Å². The third kappa shape index (κ3) is 6.23. The molecule has 42 heavy (non-hydrogen) atoms. The Balaban J connectivity index is 1.30. The summed E-state index contributed by atoms with van der Waals surface area (Å²) in [6, 6.07) is 12.8. The lowest BCUT2D eigenvalue weighted by Crippen LogP contribution is -2.52. The van der Waals surface area contributed by atoms with Crippen LogP contribution in [0.1, 0.15) is 87.1 Å². The number of carbonyl (C=O) groups excluding carboxylic acids is 2. The Morgan fingerprint density at radius 3 is 2.79 bits per heavy atom. The summed E-state index contributed by atoms with van der Waals surface area (Å²) >= 11 is 1.60. The van der Waals surface area contributed by atoms with Gasteiger partial charge in [-0.2, -0.15) is 0 Å². The molecule has 3 aliphatic heterocycles. The minimum absolute atomic E-state index is 0.0552. The fourth-order valence-corrected chi connectivity index (χ4v) is 7.49. The minimum Gasteiger partial charge on any atom is -0.493 e. The van der Waals surface area contributed by atoms with Crippen molar-refractivity contribution in [1.82, 2.24) is 20.5 Å². The van der Waals surface area contributed by atoms with E-state index in [-0.39, 0.29) is 23.9 Å². The minimum atomic E-state index is -0.748. The second-order valence-corrected chi connectivity index (χ2v) is 12.6. The number of amides is 2. The van der Waals surface area contributed by atoms with Crippen LogP contribution < -0.4 is 15.4 Å². The highest BCUT2D eigenvalue weighted by Gasteiger charge is 2.35. The van der Waals surface area contributed by atoms with Crippen LogP contribution >= 0.6 is 11.3 Å². The largest absolute Gasteiger partial charge is 0.493 e. The number of thiazole rings is 1.